The highest BCUT2D eigenvalue weighted by atomic mass is 32.2. The summed E-state index contributed by atoms with van der Waals surface area (Å²) in [6.07, 6.45) is 0.173. The van der Waals surface area contributed by atoms with Crippen molar-refractivity contribution in [3.05, 3.63) is 69.4 Å². The number of hydrogen-bond donors (Lipinski definition) is 1. The lowest BCUT2D eigenvalue weighted by Gasteiger charge is -2.31. The maximum Gasteiger partial charge on any atom is 0.290 e. The van der Waals surface area contributed by atoms with Crippen LogP contribution in [-0.2, 0) is 14.6 Å². The number of nitrogens with zero attached hydrogens (tertiary/aromatic N) is 1. The quantitative estimate of drug-likeness (QED) is 0.767. The average molecular weight is 421 g/mol. The number of carbonyl (C=O) groups excluding carboxylic acids is 2. The molecule has 2 aromatic rings. The van der Waals surface area contributed by atoms with Gasteiger partial charge in [-0.3, -0.25) is 9.59 Å². The van der Waals surface area contributed by atoms with Crippen molar-refractivity contribution in [1.29, 1.82) is 0 Å². The van der Waals surface area contributed by atoms with Crippen molar-refractivity contribution in [2.75, 3.05) is 11.5 Å². The first-order chi connectivity index (χ1) is 13.3. The molecule has 0 aliphatic carbocycles. The van der Waals surface area contributed by atoms with Crippen molar-refractivity contribution < 1.29 is 27.5 Å². The van der Waals surface area contributed by atoms with E-state index in [2.05, 4.69) is 0 Å². The third-order valence-corrected chi connectivity index (χ3v) is 7.65. The highest BCUT2D eigenvalue weighted by molar-refractivity contribution is 7.91. The van der Waals surface area contributed by atoms with Crippen LogP contribution in [0.4, 0.5) is 4.39 Å². The van der Waals surface area contributed by atoms with Crippen molar-refractivity contribution in [3.63, 3.8) is 0 Å². The molecule has 4 rings (SSSR count). The van der Waals surface area contributed by atoms with Gasteiger partial charge in [0.05, 0.1) is 28.0 Å². The fourth-order valence-corrected chi connectivity index (χ4v) is 6.16. The van der Waals surface area contributed by atoms with Crippen molar-refractivity contribution in [3.8, 4) is 0 Å². The molecule has 2 atom stereocenters. The van der Waals surface area contributed by atoms with E-state index in [9.17, 15) is 27.5 Å². The van der Waals surface area contributed by atoms with E-state index in [4.69, 9.17) is 0 Å². The van der Waals surface area contributed by atoms with E-state index >= 15 is 0 Å². The minimum Gasteiger partial charge on any atom is -0.503 e. The SMILES string of the molecule is O=C(C1=C(O)C(=O)N([C@H]2CCS(=O)(=O)C2)[C@@H]1c1ccccc1F)c1cccs1. The van der Waals surface area contributed by atoms with Gasteiger partial charge in [-0.25, -0.2) is 12.8 Å². The first-order valence-electron chi connectivity index (χ1n) is 8.59. The summed E-state index contributed by atoms with van der Waals surface area (Å²) in [6.45, 7) is 0. The number of aliphatic hydroxyl groups is 1. The predicted octanol–water partition coefficient (Wildman–Crippen LogP) is 2.65. The van der Waals surface area contributed by atoms with E-state index in [1.165, 1.54) is 18.2 Å². The van der Waals surface area contributed by atoms with Crippen molar-refractivity contribution >= 4 is 32.9 Å². The third-order valence-electron chi connectivity index (χ3n) is 5.04. The number of thiophene rings is 1. The number of carbonyl (C=O) groups is 2. The minimum absolute atomic E-state index is 0.0455. The Bertz CT molecular complexity index is 1090. The Hall–Kier alpha value is -2.52. The molecule has 1 N–H and O–H groups in total. The normalized spacial score (nSPS) is 24.2. The maximum absolute atomic E-state index is 14.6. The summed E-state index contributed by atoms with van der Waals surface area (Å²) in [6, 6.07) is 6.97. The van der Waals surface area contributed by atoms with E-state index in [0.29, 0.717) is 4.88 Å². The van der Waals surface area contributed by atoms with Crippen LogP contribution in [0.1, 0.15) is 27.7 Å². The smallest absolute Gasteiger partial charge is 0.290 e. The molecule has 1 fully saturated rings. The second-order valence-electron chi connectivity index (χ2n) is 6.76. The Balaban J connectivity index is 1.85. The first-order valence-corrected chi connectivity index (χ1v) is 11.3. The van der Waals surface area contributed by atoms with E-state index in [1.54, 1.807) is 23.6 Å². The molecule has 1 saturated heterocycles. The summed E-state index contributed by atoms with van der Waals surface area (Å²) in [5.74, 6) is -3.20. The number of sulfone groups is 1. The monoisotopic (exact) mass is 421 g/mol. The van der Waals surface area contributed by atoms with Gasteiger partial charge in [0.15, 0.2) is 15.6 Å². The highest BCUT2D eigenvalue weighted by Crippen LogP contribution is 2.43. The average Bonchev–Trinajstić information content (AvgIpc) is 3.35. The van der Waals surface area contributed by atoms with Gasteiger partial charge in [0.25, 0.3) is 5.91 Å². The van der Waals surface area contributed by atoms with Crippen LogP contribution in [0.15, 0.2) is 53.1 Å². The highest BCUT2D eigenvalue weighted by Gasteiger charge is 2.49. The first kappa shape index (κ1) is 18.8. The largest absolute Gasteiger partial charge is 0.503 e. The lowest BCUT2D eigenvalue weighted by molar-refractivity contribution is -0.131. The van der Waals surface area contributed by atoms with Gasteiger partial charge in [0, 0.05) is 11.6 Å². The number of ketones is 1. The Morgan fingerprint density at radius 3 is 2.57 bits per heavy atom. The van der Waals surface area contributed by atoms with Crippen molar-refractivity contribution in [2.24, 2.45) is 0 Å². The van der Waals surface area contributed by atoms with Crippen LogP contribution in [-0.4, -0.2) is 47.7 Å². The summed E-state index contributed by atoms with van der Waals surface area (Å²) in [5.41, 5.74) is -0.175. The lowest BCUT2D eigenvalue weighted by atomic mass is 9.94. The number of rotatable bonds is 4. The zero-order valence-electron chi connectivity index (χ0n) is 14.5. The molecule has 0 radical (unpaired) electrons. The summed E-state index contributed by atoms with van der Waals surface area (Å²) in [7, 11) is -3.34. The van der Waals surface area contributed by atoms with E-state index in [1.807, 2.05) is 0 Å². The molecule has 146 valence electrons. The summed E-state index contributed by atoms with van der Waals surface area (Å²) in [4.78, 5) is 27.3. The molecule has 0 saturated carbocycles. The van der Waals surface area contributed by atoms with Crippen LogP contribution in [0.2, 0.25) is 0 Å². The molecular formula is C19H16FNO5S2. The topological polar surface area (TPSA) is 91.8 Å². The Kier molecular flexibility index (Phi) is 4.59. The zero-order chi connectivity index (χ0) is 20.1. The zero-order valence-corrected chi connectivity index (χ0v) is 16.2. The van der Waals surface area contributed by atoms with Crippen LogP contribution in [0.3, 0.4) is 0 Å². The van der Waals surface area contributed by atoms with Gasteiger partial charge in [-0.15, -0.1) is 11.3 Å². The number of halogens is 1. The van der Waals surface area contributed by atoms with Crippen LogP contribution in [0.25, 0.3) is 0 Å². The van der Waals surface area contributed by atoms with Gasteiger partial charge in [0.2, 0.25) is 5.78 Å². The number of hydrogen-bond acceptors (Lipinski definition) is 6. The van der Waals surface area contributed by atoms with Gasteiger partial charge >= 0.3 is 0 Å². The third kappa shape index (κ3) is 3.04. The number of Topliss-reactive ketones (excluding diaryl/α,β-unsaturated/α-hetero) is 1. The minimum atomic E-state index is -3.34. The van der Waals surface area contributed by atoms with E-state index < -0.39 is 45.2 Å². The molecule has 3 heterocycles. The fraction of sp³-hybridized carbons (Fsp3) is 0.263. The molecule has 2 aliphatic heterocycles. The molecule has 1 aromatic heterocycles. The molecule has 2 aliphatic rings. The van der Waals surface area contributed by atoms with E-state index in [-0.39, 0.29) is 29.1 Å². The molecule has 28 heavy (non-hydrogen) atoms. The van der Waals surface area contributed by atoms with Gasteiger partial charge in [-0.2, -0.15) is 0 Å². The summed E-state index contributed by atoms with van der Waals surface area (Å²) in [5, 5.41) is 12.2. The van der Waals surface area contributed by atoms with Gasteiger partial charge < -0.3 is 10.0 Å². The van der Waals surface area contributed by atoms with Crippen LogP contribution in [0, 0.1) is 5.82 Å². The van der Waals surface area contributed by atoms with Crippen LogP contribution < -0.4 is 0 Å². The van der Waals surface area contributed by atoms with Crippen LogP contribution >= 0.6 is 11.3 Å². The summed E-state index contributed by atoms with van der Waals surface area (Å²) < 4.78 is 38.5. The van der Waals surface area contributed by atoms with Gasteiger partial charge in [0.1, 0.15) is 5.82 Å². The molecular weight excluding hydrogens is 405 g/mol. The number of amides is 1. The molecule has 6 nitrogen and oxygen atoms in total. The molecule has 0 unspecified atom stereocenters. The fourth-order valence-electron chi connectivity index (χ4n) is 3.77. The Labute approximate surface area is 164 Å². The Morgan fingerprint density at radius 2 is 1.96 bits per heavy atom. The number of benzene rings is 1. The lowest BCUT2D eigenvalue weighted by Crippen LogP contribution is -2.41. The van der Waals surface area contributed by atoms with Gasteiger partial charge in [-0.1, -0.05) is 24.3 Å². The number of aliphatic hydroxyl groups excluding tert-OH is 1. The second kappa shape index (κ2) is 6.82. The second-order valence-corrected chi connectivity index (χ2v) is 9.94. The van der Waals surface area contributed by atoms with Gasteiger partial charge in [-0.05, 0) is 23.9 Å². The van der Waals surface area contributed by atoms with Crippen LogP contribution in [0.5, 0.6) is 0 Å². The summed E-state index contributed by atoms with van der Waals surface area (Å²) >= 11 is 1.14. The van der Waals surface area contributed by atoms with Crippen molar-refractivity contribution in [2.45, 2.75) is 18.5 Å². The predicted molar refractivity (Wildman–Crippen MR) is 101 cm³/mol. The van der Waals surface area contributed by atoms with E-state index in [0.717, 1.165) is 16.2 Å². The Morgan fingerprint density at radius 1 is 1.21 bits per heavy atom. The standard InChI is InChI=1S/C19H16FNO5S2/c20-13-5-2-1-4-12(13)16-15(17(22)14-6-3-8-27-14)18(23)19(24)21(16)11-7-9-28(25,26)10-11/h1-6,8,11,16,23H,7,9-10H2/t11-,16+/m0/s1. The molecule has 1 amide bonds. The molecule has 0 spiro atoms. The maximum atomic E-state index is 14.6. The molecule has 9 heteroatoms. The molecule has 1 aromatic carbocycles. The van der Waals surface area contributed by atoms with Crippen molar-refractivity contribution in [1.82, 2.24) is 4.90 Å². The molecule has 0 bridgehead atoms.